The van der Waals surface area contributed by atoms with E-state index in [2.05, 4.69) is 10.2 Å². The van der Waals surface area contributed by atoms with Gasteiger partial charge in [0.1, 0.15) is 6.04 Å². The Bertz CT molecular complexity index is 687. The first kappa shape index (κ1) is 20.1. The van der Waals surface area contributed by atoms with Crippen LogP contribution in [0.2, 0.25) is 5.02 Å². The Morgan fingerprint density at radius 3 is 2.56 bits per heavy atom. The van der Waals surface area contributed by atoms with Gasteiger partial charge in [0.25, 0.3) is 0 Å². The Labute approximate surface area is 165 Å². The summed E-state index contributed by atoms with van der Waals surface area (Å²) in [5, 5.41) is 12.9. The van der Waals surface area contributed by atoms with Crippen LogP contribution in [0.1, 0.15) is 37.3 Å². The third-order valence-electron chi connectivity index (χ3n) is 5.43. The summed E-state index contributed by atoms with van der Waals surface area (Å²) in [5.41, 5.74) is 0.863. The van der Waals surface area contributed by atoms with Crippen molar-refractivity contribution in [1.82, 2.24) is 15.1 Å². The second kappa shape index (κ2) is 8.59. The monoisotopic (exact) mass is 393 g/mol. The van der Waals surface area contributed by atoms with Crippen molar-refractivity contribution in [1.29, 1.82) is 0 Å². The predicted octanol–water partition coefficient (Wildman–Crippen LogP) is 2.39. The van der Waals surface area contributed by atoms with E-state index in [-0.39, 0.29) is 24.5 Å². The molecule has 27 heavy (non-hydrogen) atoms. The number of aliphatic carboxylic acids is 1. The Morgan fingerprint density at radius 2 is 2.00 bits per heavy atom. The van der Waals surface area contributed by atoms with Crippen LogP contribution >= 0.6 is 11.6 Å². The molecule has 1 aromatic rings. The molecule has 0 spiro atoms. The number of carbonyl (C=O) groups excluding carboxylic acids is 1. The molecular formula is C20H28ClN3O3. The summed E-state index contributed by atoms with van der Waals surface area (Å²) < 4.78 is 0. The minimum absolute atomic E-state index is 0.0438. The smallest absolute Gasteiger partial charge is 0.317 e. The SMILES string of the molecule is CN(C)C(C(=O)NC1CC(N(CC(=O)O)CC2CC2)C1)c1cccc(Cl)c1. The van der Waals surface area contributed by atoms with Crippen molar-refractivity contribution < 1.29 is 14.7 Å². The fourth-order valence-electron chi connectivity index (χ4n) is 3.79. The normalized spacial score (nSPS) is 23.1. The second-order valence-corrected chi connectivity index (χ2v) is 8.45. The number of hydrogen-bond donors (Lipinski definition) is 2. The molecule has 0 aromatic heterocycles. The average Bonchev–Trinajstić information content (AvgIpc) is 3.33. The average molecular weight is 394 g/mol. The highest BCUT2D eigenvalue weighted by Gasteiger charge is 2.38. The number of likely N-dealkylation sites (N-methyl/N-ethyl adjacent to an activating group) is 1. The zero-order chi connectivity index (χ0) is 19.6. The van der Waals surface area contributed by atoms with Gasteiger partial charge >= 0.3 is 5.97 Å². The zero-order valence-electron chi connectivity index (χ0n) is 15.9. The summed E-state index contributed by atoms with van der Waals surface area (Å²) >= 11 is 6.08. The molecule has 6 nitrogen and oxygen atoms in total. The minimum atomic E-state index is -0.781. The van der Waals surface area contributed by atoms with Gasteiger partial charge in [0.2, 0.25) is 5.91 Å². The third kappa shape index (κ3) is 5.43. The second-order valence-electron chi connectivity index (χ2n) is 8.02. The van der Waals surface area contributed by atoms with E-state index in [0.717, 1.165) is 24.9 Å². The highest BCUT2D eigenvalue weighted by Crippen LogP contribution is 2.34. The molecule has 2 saturated carbocycles. The summed E-state index contributed by atoms with van der Waals surface area (Å²) in [5.74, 6) is -0.173. The lowest BCUT2D eigenvalue weighted by Gasteiger charge is -2.43. The zero-order valence-corrected chi connectivity index (χ0v) is 16.7. The van der Waals surface area contributed by atoms with E-state index in [1.807, 2.05) is 37.2 Å². The van der Waals surface area contributed by atoms with E-state index in [9.17, 15) is 9.59 Å². The van der Waals surface area contributed by atoms with Gasteiger partial charge in [0, 0.05) is 23.7 Å². The van der Waals surface area contributed by atoms with Crippen molar-refractivity contribution in [3.63, 3.8) is 0 Å². The highest BCUT2D eigenvalue weighted by atomic mass is 35.5. The maximum absolute atomic E-state index is 12.8. The van der Waals surface area contributed by atoms with Crippen molar-refractivity contribution in [2.45, 2.75) is 43.8 Å². The van der Waals surface area contributed by atoms with E-state index < -0.39 is 12.0 Å². The number of halogens is 1. The molecule has 0 heterocycles. The van der Waals surface area contributed by atoms with Gasteiger partial charge in [-0.05, 0) is 63.4 Å². The molecule has 0 bridgehead atoms. The Balaban J connectivity index is 1.55. The summed E-state index contributed by atoms with van der Waals surface area (Å²) in [4.78, 5) is 27.9. The lowest BCUT2D eigenvalue weighted by Crippen LogP contribution is -2.56. The molecule has 2 aliphatic rings. The summed E-state index contributed by atoms with van der Waals surface area (Å²) in [7, 11) is 3.75. The number of carbonyl (C=O) groups is 2. The van der Waals surface area contributed by atoms with Crippen LogP contribution in [0.15, 0.2) is 24.3 Å². The molecule has 1 aromatic carbocycles. The van der Waals surface area contributed by atoms with Gasteiger partial charge < -0.3 is 10.4 Å². The van der Waals surface area contributed by atoms with Crippen LogP contribution in [0.25, 0.3) is 0 Å². The van der Waals surface area contributed by atoms with Gasteiger partial charge in [-0.2, -0.15) is 0 Å². The fraction of sp³-hybridized carbons (Fsp3) is 0.600. The first-order valence-electron chi connectivity index (χ1n) is 9.51. The Hall–Kier alpha value is -1.63. The van der Waals surface area contributed by atoms with Crippen molar-refractivity contribution >= 4 is 23.5 Å². The number of carboxylic acids is 1. The maximum atomic E-state index is 12.8. The predicted molar refractivity (Wildman–Crippen MR) is 105 cm³/mol. The van der Waals surface area contributed by atoms with Crippen LogP contribution in [-0.2, 0) is 9.59 Å². The lowest BCUT2D eigenvalue weighted by molar-refractivity contribution is -0.140. The van der Waals surface area contributed by atoms with E-state index in [4.69, 9.17) is 16.7 Å². The van der Waals surface area contributed by atoms with E-state index in [1.54, 1.807) is 6.07 Å². The number of benzene rings is 1. The molecule has 0 radical (unpaired) electrons. The fourth-order valence-corrected chi connectivity index (χ4v) is 3.99. The number of carboxylic acid groups (broad SMARTS) is 1. The molecular weight excluding hydrogens is 366 g/mol. The van der Waals surface area contributed by atoms with Gasteiger partial charge in [0.15, 0.2) is 0 Å². The molecule has 7 heteroatoms. The number of nitrogens with one attached hydrogen (secondary N) is 1. The van der Waals surface area contributed by atoms with Crippen LogP contribution in [0, 0.1) is 5.92 Å². The first-order valence-corrected chi connectivity index (χ1v) is 9.89. The molecule has 1 unspecified atom stereocenters. The lowest BCUT2D eigenvalue weighted by atomic mass is 9.84. The van der Waals surface area contributed by atoms with E-state index >= 15 is 0 Å². The van der Waals surface area contributed by atoms with Crippen LogP contribution in [0.4, 0.5) is 0 Å². The van der Waals surface area contributed by atoms with Gasteiger partial charge in [-0.1, -0.05) is 23.7 Å². The Morgan fingerprint density at radius 1 is 1.30 bits per heavy atom. The molecule has 0 saturated heterocycles. The van der Waals surface area contributed by atoms with Gasteiger partial charge in [-0.25, -0.2) is 0 Å². The summed E-state index contributed by atoms with van der Waals surface area (Å²) in [6.45, 7) is 0.950. The van der Waals surface area contributed by atoms with E-state index in [1.165, 1.54) is 12.8 Å². The minimum Gasteiger partial charge on any atom is -0.480 e. The van der Waals surface area contributed by atoms with Crippen LogP contribution < -0.4 is 5.32 Å². The summed E-state index contributed by atoms with van der Waals surface area (Å²) in [6.07, 6.45) is 4.02. The third-order valence-corrected chi connectivity index (χ3v) is 5.67. The molecule has 3 rings (SSSR count). The maximum Gasteiger partial charge on any atom is 0.317 e. The van der Waals surface area contributed by atoms with Gasteiger partial charge in [-0.15, -0.1) is 0 Å². The molecule has 1 amide bonds. The molecule has 2 aliphatic carbocycles. The largest absolute Gasteiger partial charge is 0.480 e. The van der Waals surface area contributed by atoms with Gasteiger partial charge in [0.05, 0.1) is 6.54 Å². The number of rotatable bonds is 9. The highest BCUT2D eigenvalue weighted by molar-refractivity contribution is 6.30. The standard InChI is InChI=1S/C20H28ClN3O3/c1-23(2)19(14-4-3-5-15(21)8-14)20(27)22-16-9-17(10-16)24(12-18(25)26)11-13-6-7-13/h3-5,8,13,16-17,19H,6-7,9-12H2,1-2H3,(H,22,27)(H,25,26). The van der Waals surface area contributed by atoms with Crippen molar-refractivity contribution in [3.8, 4) is 0 Å². The molecule has 1 atom stereocenters. The molecule has 2 N–H and O–H groups in total. The molecule has 0 aliphatic heterocycles. The van der Waals surface area contributed by atoms with Gasteiger partial charge in [-0.3, -0.25) is 19.4 Å². The van der Waals surface area contributed by atoms with Crippen molar-refractivity contribution in [2.24, 2.45) is 5.92 Å². The van der Waals surface area contributed by atoms with Crippen LogP contribution in [0.5, 0.6) is 0 Å². The number of amides is 1. The van der Waals surface area contributed by atoms with Crippen LogP contribution in [-0.4, -0.2) is 66.1 Å². The Kier molecular flexibility index (Phi) is 6.40. The topological polar surface area (TPSA) is 72.9 Å². The van der Waals surface area contributed by atoms with Crippen molar-refractivity contribution in [2.75, 3.05) is 27.2 Å². The first-order chi connectivity index (χ1) is 12.8. The van der Waals surface area contributed by atoms with E-state index in [0.29, 0.717) is 10.9 Å². The quantitative estimate of drug-likeness (QED) is 0.674. The number of nitrogens with zero attached hydrogens (tertiary/aromatic N) is 2. The van der Waals surface area contributed by atoms with Crippen molar-refractivity contribution in [3.05, 3.63) is 34.9 Å². The van der Waals surface area contributed by atoms with Crippen LogP contribution in [0.3, 0.4) is 0 Å². The summed E-state index contributed by atoms with van der Waals surface area (Å²) in [6, 6.07) is 7.31. The molecule has 148 valence electrons. The number of hydrogen-bond acceptors (Lipinski definition) is 4. The molecule has 2 fully saturated rings.